The molecular weight excluding hydrogens is 490 g/mol. The van der Waals surface area contributed by atoms with E-state index in [1.54, 1.807) is 10.6 Å². The molecule has 4 atom stereocenters. The van der Waals surface area contributed by atoms with Gasteiger partial charge in [-0.2, -0.15) is 4.98 Å². The molecule has 4 rings (SSSR count). The quantitative estimate of drug-likeness (QED) is 0.260. The van der Waals surface area contributed by atoms with E-state index >= 15 is 0 Å². The van der Waals surface area contributed by atoms with Crippen molar-refractivity contribution in [2.45, 2.75) is 95.9 Å². The molecule has 2 aliphatic heterocycles. The minimum Gasteiger partial charge on any atom is -0.414 e. The van der Waals surface area contributed by atoms with E-state index in [-0.39, 0.29) is 28.3 Å². The van der Waals surface area contributed by atoms with Crippen LogP contribution in [0.4, 0.5) is 5.95 Å². The summed E-state index contributed by atoms with van der Waals surface area (Å²) in [6.07, 6.45) is 3.41. The molecule has 2 aromatic rings. The van der Waals surface area contributed by atoms with Crippen molar-refractivity contribution in [2.24, 2.45) is 0 Å². The fourth-order valence-corrected chi connectivity index (χ4v) is 5.45. The molecule has 0 aromatic carbocycles. The van der Waals surface area contributed by atoms with Gasteiger partial charge in [0.25, 0.3) is 5.56 Å². The smallest absolute Gasteiger partial charge is 0.280 e. The topological polar surface area (TPSA) is 113 Å². The molecule has 0 radical (unpaired) electrons. The SMILES string of the molecule is C=CCCCNc1nc2c(nc(C=C)n2C2OC(CO[Si](C)(C)C(C)(C)C)C3OC(C)(C)OC32)c(=O)[nH]1. The highest BCUT2D eigenvalue weighted by atomic mass is 28.4. The van der Waals surface area contributed by atoms with E-state index < -0.39 is 26.4 Å². The molecule has 4 unspecified atom stereocenters. The summed E-state index contributed by atoms with van der Waals surface area (Å²) >= 11 is 0. The van der Waals surface area contributed by atoms with Gasteiger partial charge in [-0.15, -0.1) is 6.58 Å². The molecule has 2 saturated heterocycles. The number of ether oxygens (including phenoxy) is 3. The van der Waals surface area contributed by atoms with Crippen molar-refractivity contribution in [3.05, 3.63) is 35.4 Å². The molecule has 2 N–H and O–H groups in total. The van der Waals surface area contributed by atoms with E-state index in [1.165, 1.54) is 0 Å². The zero-order valence-electron chi connectivity index (χ0n) is 23.1. The van der Waals surface area contributed by atoms with Crippen LogP contribution >= 0.6 is 0 Å². The summed E-state index contributed by atoms with van der Waals surface area (Å²) in [4.78, 5) is 24.9. The number of allylic oxidation sites excluding steroid dienone is 1. The minimum atomic E-state index is -2.02. The summed E-state index contributed by atoms with van der Waals surface area (Å²) in [5.41, 5.74) is 0.271. The number of nitrogens with zero attached hydrogens (tertiary/aromatic N) is 3. The van der Waals surface area contributed by atoms with E-state index in [0.717, 1.165) is 12.8 Å². The lowest BCUT2D eigenvalue weighted by Gasteiger charge is -2.37. The average Bonchev–Trinajstić information content (AvgIpc) is 3.43. The van der Waals surface area contributed by atoms with Crippen LogP contribution in [0.5, 0.6) is 0 Å². The summed E-state index contributed by atoms with van der Waals surface area (Å²) in [5.74, 6) is 0.0505. The third-order valence-corrected chi connectivity index (χ3v) is 11.9. The fraction of sp³-hybridized carbons (Fsp3) is 0.654. The largest absolute Gasteiger partial charge is 0.414 e. The standard InChI is InChI=1S/C26H41N5O5Si/c1-10-12-13-14-27-24-29-21-18(22(32)30-24)28-17(11-2)31(21)23-20-19(35-26(6,7)36-20)16(34-23)15-33-37(8,9)25(3,4)5/h10-11,16,19-20,23H,1-2,12-15H2,3-9H3,(H2,27,29,30,32). The predicted molar refractivity (Wildman–Crippen MR) is 147 cm³/mol. The van der Waals surface area contributed by atoms with E-state index in [1.807, 2.05) is 19.9 Å². The third-order valence-electron chi connectivity index (χ3n) is 7.43. The Bertz CT molecular complexity index is 1210. The molecule has 204 valence electrons. The number of rotatable bonds is 10. The van der Waals surface area contributed by atoms with Crippen LogP contribution in [0, 0.1) is 0 Å². The molecule has 10 nitrogen and oxygen atoms in total. The highest BCUT2D eigenvalue weighted by Crippen LogP contribution is 2.45. The van der Waals surface area contributed by atoms with Crippen molar-refractivity contribution in [3.8, 4) is 0 Å². The Morgan fingerprint density at radius 3 is 2.57 bits per heavy atom. The lowest BCUT2D eigenvalue weighted by molar-refractivity contribution is -0.199. The highest BCUT2D eigenvalue weighted by Gasteiger charge is 2.57. The second kappa shape index (κ2) is 10.1. The Kier molecular flexibility index (Phi) is 7.57. The van der Waals surface area contributed by atoms with Gasteiger partial charge in [-0.3, -0.25) is 14.3 Å². The van der Waals surface area contributed by atoms with E-state index in [9.17, 15) is 4.79 Å². The van der Waals surface area contributed by atoms with Crippen LogP contribution < -0.4 is 10.9 Å². The van der Waals surface area contributed by atoms with Crippen molar-refractivity contribution in [1.29, 1.82) is 0 Å². The number of aromatic nitrogens is 4. The predicted octanol–water partition coefficient (Wildman–Crippen LogP) is 4.58. The fourth-order valence-electron chi connectivity index (χ4n) is 4.44. The summed E-state index contributed by atoms with van der Waals surface area (Å²) < 4.78 is 27.5. The van der Waals surface area contributed by atoms with Crippen LogP contribution in [0.25, 0.3) is 17.2 Å². The molecule has 0 aliphatic carbocycles. The average molecular weight is 532 g/mol. The number of hydrogen-bond acceptors (Lipinski definition) is 8. The van der Waals surface area contributed by atoms with Gasteiger partial charge in [0, 0.05) is 6.54 Å². The summed E-state index contributed by atoms with van der Waals surface area (Å²) in [6, 6.07) is 0. The van der Waals surface area contributed by atoms with Crippen molar-refractivity contribution in [1.82, 2.24) is 19.5 Å². The molecule has 0 bridgehead atoms. The normalized spacial score (nSPS) is 25.4. The van der Waals surface area contributed by atoms with Gasteiger partial charge in [0.05, 0.1) is 6.61 Å². The highest BCUT2D eigenvalue weighted by molar-refractivity contribution is 6.74. The van der Waals surface area contributed by atoms with E-state index in [4.69, 9.17) is 23.6 Å². The molecule has 2 aliphatic rings. The van der Waals surface area contributed by atoms with Gasteiger partial charge in [-0.05, 0) is 50.9 Å². The second-order valence-electron chi connectivity index (χ2n) is 11.7. The van der Waals surface area contributed by atoms with E-state index in [2.05, 4.69) is 62.3 Å². The molecule has 0 amide bonds. The number of H-pyrrole nitrogens is 1. The van der Waals surface area contributed by atoms with Crippen LogP contribution in [0.1, 0.15) is 59.5 Å². The van der Waals surface area contributed by atoms with Crippen molar-refractivity contribution in [3.63, 3.8) is 0 Å². The molecular formula is C26H41N5O5Si. The Morgan fingerprint density at radius 2 is 1.92 bits per heavy atom. The van der Waals surface area contributed by atoms with Crippen LogP contribution in [-0.2, 0) is 18.6 Å². The molecule has 0 saturated carbocycles. The van der Waals surface area contributed by atoms with Crippen molar-refractivity contribution in [2.75, 3.05) is 18.5 Å². The van der Waals surface area contributed by atoms with Gasteiger partial charge in [0.1, 0.15) is 24.1 Å². The summed E-state index contributed by atoms with van der Waals surface area (Å²) in [5, 5.41) is 3.25. The lowest BCUT2D eigenvalue weighted by Crippen LogP contribution is -2.44. The van der Waals surface area contributed by atoms with E-state index in [0.29, 0.717) is 30.6 Å². The maximum absolute atomic E-state index is 12.9. The van der Waals surface area contributed by atoms with Crippen LogP contribution in [0.2, 0.25) is 18.1 Å². The number of hydrogen-bond donors (Lipinski definition) is 2. The zero-order chi connectivity index (χ0) is 27.2. The van der Waals surface area contributed by atoms with Gasteiger partial charge in [-0.1, -0.05) is 33.4 Å². The van der Waals surface area contributed by atoms with Gasteiger partial charge < -0.3 is 24.0 Å². The first-order valence-electron chi connectivity index (χ1n) is 12.9. The maximum atomic E-state index is 12.9. The minimum absolute atomic E-state index is 0.0628. The lowest BCUT2D eigenvalue weighted by atomic mass is 10.1. The van der Waals surface area contributed by atoms with Gasteiger partial charge in [0.15, 0.2) is 31.5 Å². The Hall–Kier alpha value is -2.31. The van der Waals surface area contributed by atoms with Crippen LogP contribution in [0.3, 0.4) is 0 Å². The number of aromatic amines is 1. The van der Waals surface area contributed by atoms with Crippen molar-refractivity contribution >= 4 is 31.5 Å². The number of unbranched alkanes of at least 4 members (excludes halogenated alkanes) is 1. The monoisotopic (exact) mass is 531 g/mol. The number of fused-ring (bicyclic) bond motifs is 2. The molecule has 2 aromatic heterocycles. The van der Waals surface area contributed by atoms with Crippen molar-refractivity contribution < 1.29 is 18.6 Å². The summed E-state index contributed by atoms with van der Waals surface area (Å²) in [7, 11) is -2.02. The van der Waals surface area contributed by atoms with Gasteiger partial charge in [-0.25, -0.2) is 4.98 Å². The Morgan fingerprint density at radius 1 is 1.22 bits per heavy atom. The molecule has 4 heterocycles. The second-order valence-corrected chi connectivity index (χ2v) is 16.5. The van der Waals surface area contributed by atoms with Gasteiger partial charge in [0.2, 0.25) is 5.95 Å². The number of anilines is 1. The number of nitrogens with one attached hydrogen (secondary N) is 2. The van der Waals surface area contributed by atoms with Gasteiger partial charge >= 0.3 is 0 Å². The Balaban J connectivity index is 1.69. The third kappa shape index (κ3) is 5.46. The molecule has 11 heteroatoms. The maximum Gasteiger partial charge on any atom is 0.280 e. The first-order valence-corrected chi connectivity index (χ1v) is 15.8. The number of imidazole rings is 1. The van der Waals surface area contributed by atoms with Crippen LogP contribution in [-0.4, -0.2) is 65.1 Å². The molecule has 2 fully saturated rings. The Labute approximate surface area is 219 Å². The molecule has 0 spiro atoms. The zero-order valence-corrected chi connectivity index (χ0v) is 24.1. The first-order chi connectivity index (χ1) is 17.3. The summed E-state index contributed by atoms with van der Waals surface area (Å²) in [6.45, 7) is 23.5. The molecule has 37 heavy (non-hydrogen) atoms. The first kappa shape index (κ1) is 27.7. The van der Waals surface area contributed by atoms with Crippen LogP contribution in [0.15, 0.2) is 24.0 Å².